The summed E-state index contributed by atoms with van der Waals surface area (Å²) < 4.78 is 6.19. The molecule has 0 spiro atoms. The topological polar surface area (TPSA) is 41.6 Å². The first-order chi connectivity index (χ1) is 12.0. The molecule has 0 bridgehead atoms. The number of methoxy groups -OCH3 is 1. The van der Waals surface area contributed by atoms with E-state index >= 15 is 0 Å². The Kier molecular flexibility index (Phi) is 5.59. The van der Waals surface area contributed by atoms with E-state index in [1.165, 1.54) is 0 Å². The molecule has 132 valence electrons. The molecule has 6 heteroatoms. The van der Waals surface area contributed by atoms with Crippen molar-refractivity contribution in [2.24, 2.45) is 0 Å². The Balaban J connectivity index is 1.80. The van der Waals surface area contributed by atoms with Gasteiger partial charge in [0.2, 0.25) is 0 Å². The lowest BCUT2D eigenvalue weighted by Gasteiger charge is -2.25. The van der Waals surface area contributed by atoms with Gasteiger partial charge < -0.3 is 15.0 Å². The minimum atomic E-state index is -0.0596. The molecule has 0 aromatic heterocycles. The van der Waals surface area contributed by atoms with Crippen LogP contribution >= 0.6 is 27.7 Å². The molecule has 1 N–H and O–H groups in total. The molecule has 2 amide bonds. The number of hydrogen-bond donors (Lipinski definition) is 1. The van der Waals surface area contributed by atoms with Crippen molar-refractivity contribution >= 4 is 39.4 Å². The molecular weight excluding hydrogens is 400 g/mol. The van der Waals surface area contributed by atoms with Crippen molar-refractivity contribution in [3.05, 3.63) is 57.6 Å². The Bertz CT molecular complexity index is 797. The van der Waals surface area contributed by atoms with Gasteiger partial charge >= 0.3 is 6.03 Å². The fraction of sp³-hybridized carbons (Fsp3) is 0.316. The van der Waals surface area contributed by atoms with Crippen LogP contribution in [-0.2, 0) is 0 Å². The number of benzene rings is 2. The van der Waals surface area contributed by atoms with Gasteiger partial charge in [0.15, 0.2) is 0 Å². The summed E-state index contributed by atoms with van der Waals surface area (Å²) >= 11 is 5.30. The minimum absolute atomic E-state index is 0.00678. The summed E-state index contributed by atoms with van der Waals surface area (Å²) in [6, 6.07) is 12.0. The van der Waals surface area contributed by atoms with Crippen LogP contribution in [0.5, 0.6) is 5.75 Å². The molecule has 0 saturated carbocycles. The number of carbonyl (C=O) groups is 1. The third-order valence-corrected chi connectivity index (χ3v) is 6.13. The van der Waals surface area contributed by atoms with Crippen molar-refractivity contribution in [1.29, 1.82) is 0 Å². The maximum absolute atomic E-state index is 12.8. The van der Waals surface area contributed by atoms with Crippen LogP contribution in [0.25, 0.3) is 0 Å². The van der Waals surface area contributed by atoms with E-state index in [1.807, 2.05) is 55.1 Å². The van der Waals surface area contributed by atoms with Crippen LogP contribution in [-0.4, -0.2) is 30.3 Å². The van der Waals surface area contributed by atoms with Crippen LogP contribution < -0.4 is 10.1 Å². The lowest BCUT2D eigenvalue weighted by Crippen LogP contribution is -2.34. The Morgan fingerprint density at radius 3 is 2.80 bits per heavy atom. The third-order valence-electron chi connectivity index (χ3n) is 4.25. The first-order valence-electron chi connectivity index (χ1n) is 8.09. The van der Waals surface area contributed by atoms with E-state index in [4.69, 9.17) is 4.74 Å². The molecular formula is C19H21BrN2O2S. The molecule has 0 unspecified atom stereocenters. The number of amides is 2. The predicted molar refractivity (Wildman–Crippen MR) is 108 cm³/mol. The highest BCUT2D eigenvalue weighted by Crippen LogP contribution is 2.40. The van der Waals surface area contributed by atoms with Crippen molar-refractivity contribution in [3.8, 4) is 5.75 Å². The molecule has 0 radical (unpaired) electrons. The molecule has 1 aliphatic heterocycles. The van der Waals surface area contributed by atoms with Crippen molar-refractivity contribution in [1.82, 2.24) is 4.90 Å². The van der Waals surface area contributed by atoms with E-state index in [2.05, 4.69) is 21.2 Å². The number of thioether (sulfide) groups is 1. The largest absolute Gasteiger partial charge is 0.496 e. The molecule has 1 fully saturated rings. The number of hydrogen-bond acceptors (Lipinski definition) is 3. The number of urea groups is 1. The van der Waals surface area contributed by atoms with Gasteiger partial charge in [-0.1, -0.05) is 18.2 Å². The van der Waals surface area contributed by atoms with E-state index in [0.29, 0.717) is 0 Å². The highest BCUT2D eigenvalue weighted by Gasteiger charge is 2.31. The quantitative estimate of drug-likeness (QED) is 0.726. The number of halogens is 1. The molecule has 3 rings (SSSR count). The normalized spacial score (nSPS) is 16.8. The Labute approximate surface area is 161 Å². The van der Waals surface area contributed by atoms with E-state index in [0.717, 1.165) is 44.9 Å². The van der Waals surface area contributed by atoms with Gasteiger partial charge in [-0.05, 0) is 64.7 Å². The molecule has 25 heavy (non-hydrogen) atoms. The van der Waals surface area contributed by atoms with Gasteiger partial charge in [-0.3, -0.25) is 0 Å². The van der Waals surface area contributed by atoms with Crippen LogP contribution in [0, 0.1) is 13.8 Å². The fourth-order valence-electron chi connectivity index (χ4n) is 2.85. The first kappa shape index (κ1) is 18.1. The molecule has 1 aliphatic rings. The Morgan fingerprint density at radius 2 is 2.08 bits per heavy atom. The van der Waals surface area contributed by atoms with Gasteiger partial charge in [0, 0.05) is 18.0 Å². The van der Waals surface area contributed by atoms with Gasteiger partial charge in [0.25, 0.3) is 0 Å². The molecule has 2 aromatic carbocycles. The van der Waals surface area contributed by atoms with E-state index < -0.39 is 0 Å². The smallest absolute Gasteiger partial charge is 0.323 e. The second kappa shape index (κ2) is 7.70. The lowest BCUT2D eigenvalue weighted by molar-refractivity contribution is 0.214. The number of carbonyl (C=O) groups excluding carboxylic acids is 1. The van der Waals surface area contributed by atoms with Crippen molar-refractivity contribution < 1.29 is 9.53 Å². The van der Waals surface area contributed by atoms with E-state index in [9.17, 15) is 4.79 Å². The van der Waals surface area contributed by atoms with Crippen LogP contribution in [0.2, 0.25) is 0 Å². The second-order valence-corrected chi connectivity index (χ2v) is 8.10. The zero-order valence-electron chi connectivity index (χ0n) is 14.5. The Morgan fingerprint density at radius 1 is 1.28 bits per heavy atom. The average Bonchev–Trinajstić information content (AvgIpc) is 3.08. The second-order valence-electron chi connectivity index (χ2n) is 6.06. The summed E-state index contributed by atoms with van der Waals surface area (Å²) in [5.41, 5.74) is 4.16. The number of rotatable bonds is 3. The SMILES string of the molecule is COc1ccc([C@H]2SCCN2C(=O)Nc2cc(C)ccc2C)cc1Br. The molecule has 1 saturated heterocycles. The predicted octanol–water partition coefficient (Wildman–Crippen LogP) is 5.35. The summed E-state index contributed by atoms with van der Waals surface area (Å²) in [6.07, 6.45) is 0. The van der Waals surface area contributed by atoms with E-state index in [1.54, 1.807) is 18.9 Å². The molecule has 1 heterocycles. The van der Waals surface area contributed by atoms with Crippen LogP contribution in [0.3, 0.4) is 0 Å². The molecule has 0 aliphatic carbocycles. The van der Waals surface area contributed by atoms with Crippen molar-refractivity contribution in [2.75, 3.05) is 24.7 Å². The number of aryl methyl sites for hydroxylation is 2. The van der Waals surface area contributed by atoms with Gasteiger partial charge in [-0.15, -0.1) is 11.8 Å². The summed E-state index contributed by atoms with van der Waals surface area (Å²) in [5, 5.41) is 3.07. The molecule has 2 aromatic rings. The maximum atomic E-state index is 12.8. The van der Waals surface area contributed by atoms with Crippen molar-refractivity contribution in [3.63, 3.8) is 0 Å². The monoisotopic (exact) mass is 420 g/mol. The highest BCUT2D eigenvalue weighted by molar-refractivity contribution is 9.10. The minimum Gasteiger partial charge on any atom is -0.496 e. The zero-order valence-corrected chi connectivity index (χ0v) is 16.9. The third kappa shape index (κ3) is 3.96. The Hall–Kier alpha value is -1.66. The van der Waals surface area contributed by atoms with E-state index in [-0.39, 0.29) is 11.4 Å². The lowest BCUT2D eigenvalue weighted by atomic mass is 10.1. The van der Waals surface area contributed by atoms with Crippen molar-refractivity contribution in [2.45, 2.75) is 19.2 Å². The number of nitrogens with one attached hydrogen (secondary N) is 1. The first-order valence-corrected chi connectivity index (χ1v) is 9.93. The standard InChI is InChI=1S/C19H21BrN2O2S/c1-12-4-5-13(2)16(10-12)21-19(23)22-8-9-25-18(22)14-6-7-17(24-3)15(20)11-14/h4-7,10-11,18H,8-9H2,1-3H3,(H,21,23)/t18-/m1/s1. The van der Waals surface area contributed by atoms with Crippen LogP contribution in [0.15, 0.2) is 40.9 Å². The summed E-state index contributed by atoms with van der Waals surface area (Å²) in [5.74, 6) is 1.72. The average molecular weight is 421 g/mol. The van der Waals surface area contributed by atoms with Crippen LogP contribution in [0.1, 0.15) is 22.1 Å². The highest BCUT2D eigenvalue weighted by atomic mass is 79.9. The zero-order chi connectivity index (χ0) is 18.0. The summed E-state index contributed by atoms with van der Waals surface area (Å²) in [4.78, 5) is 14.7. The van der Waals surface area contributed by atoms with Gasteiger partial charge in [0.05, 0.1) is 11.6 Å². The van der Waals surface area contributed by atoms with Gasteiger partial charge in [0.1, 0.15) is 11.1 Å². The molecule has 4 nitrogen and oxygen atoms in total. The van der Waals surface area contributed by atoms with Gasteiger partial charge in [-0.2, -0.15) is 0 Å². The van der Waals surface area contributed by atoms with Crippen LogP contribution in [0.4, 0.5) is 10.5 Å². The molecule has 1 atom stereocenters. The maximum Gasteiger partial charge on any atom is 0.323 e. The number of ether oxygens (including phenoxy) is 1. The van der Waals surface area contributed by atoms with Gasteiger partial charge in [-0.25, -0.2) is 4.79 Å². The fourth-order valence-corrected chi connectivity index (χ4v) is 4.65. The number of nitrogens with zero attached hydrogens (tertiary/aromatic N) is 1. The number of anilines is 1. The summed E-state index contributed by atoms with van der Waals surface area (Å²) in [7, 11) is 1.65. The summed E-state index contributed by atoms with van der Waals surface area (Å²) in [6.45, 7) is 4.76.